The summed E-state index contributed by atoms with van der Waals surface area (Å²) in [6, 6.07) is 0. The zero-order valence-corrected chi connectivity index (χ0v) is 12.6. The highest BCUT2D eigenvalue weighted by Crippen LogP contribution is 2.31. The summed E-state index contributed by atoms with van der Waals surface area (Å²) in [5.74, 6) is -1.44. The van der Waals surface area contributed by atoms with Crippen LogP contribution in [0.5, 0.6) is 0 Å². The fourth-order valence-electron chi connectivity index (χ4n) is 2.65. The first-order valence-corrected chi connectivity index (χ1v) is 7.73. The number of hydrogen-bond donors (Lipinski definition) is 2. The largest absolute Gasteiger partial charge is 0.481 e. The van der Waals surface area contributed by atoms with Crippen LogP contribution in [0.25, 0.3) is 0 Å². The molecular weight excluding hydrogens is 276 g/mol. The van der Waals surface area contributed by atoms with Crippen molar-refractivity contribution in [2.24, 2.45) is 11.8 Å². The molecule has 0 spiro atoms. The van der Waals surface area contributed by atoms with Crippen LogP contribution in [0.15, 0.2) is 11.6 Å². The van der Waals surface area contributed by atoms with Crippen molar-refractivity contribution in [1.29, 1.82) is 0 Å². The van der Waals surface area contributed by atoms with Gasteiger partial charge < -0.3 is 10.4 Å². The van der Waals surface area contributed by atoms with E-state index in [4.69, 9.17) is 5.11 Å². The monoisotopic (exact) mass is 296 g/mol. The molecule has 5 nitrogen and oxygen atoms in total. The minimum atomic E-state index is -0.790. The molecule has 0 bridgehead atoms. The van der Waals surface area contributed by atoms with Gasteiger partial charge in [0.1, 0.15) is 5.01 Å². The second-order valence-electron chi connectivity index (χ2n) is 5.85. The zero-order valence-electron chi connectivity index (χ0n) is 11.8. The third kappa shape index (κ3) is 3.36. The van der Waals surface area contributed by atoms with Crippen LogP contribution in [0.1, 0.15) is 44.5 Å². The molecule has 2 rings (SSSR count). The number of carbonyl (C=O) groups is 2. The topological polar surface area (TPSA) is 79.3 Å². The molecule has 0 saturated heterocycles. The van der Waals surface area contributed by atoms with E-state index in [9.17, 15) is 9.59 Å². The van der Waals surface area contributed by atoms with E-state index in [2.05, 4.69) is 10.3 Å². The molecule has 0 aromatic carbocycles. The smallest absolute Gasteiger partial charge is 0.306 e. The van der Waals surface area contributed by atoms with Crippen LogP contribution < -0.4 is 5.32 Å². The zero-order chi connectivity index (χ0) is 14.8. The number of amides is 1. The Hall–Kier alpha value is -1.43. The minimum Gasteiger partial charge on any atom is -0.481 e. The van der Waals surface area contributed by atoms with Crippen molar-refractivity contribution in [2.45, 2.75) is 45.1 Å². The number of hydrogen-bond acceptors (Lipinski definition) is 4. The van der Waals surface area contributed by atoms with Crippen LogP contribution >= 0.6 is 11.3 Å². The molecule has 1 heterocycles. The van der Waals surface area contributed by atoms with Crippen molar-refractivity contribution in [3.8, 4) is 0 Å². The molecule has 2 N–H and O–H groups in total. The third-order valence-electron chi connectivity index (χ3n) is 3.80. The molecule has 0 radical (unpaired) electrons. The summed E-state index contributed by atoms with van der Waals surface area (Å²) in [6.07, 6.45) is 4.40. The highest BCUT2D eigenvalue weighted by molar-refractivity contribution is 7.09. The van der Waals surface area contributed by atoms with E-state index in [1.807, 2.05) is 19.2 Å². The van der Waals surface area contributed by atoms with E-state index in [0.29, 0.717) is 12.8 Å². The van der Waals surface area contributed by atoms with Crippen molar-refractivity contribution in [3.05, 3.63) is 16.6 Å². The molecule has 1 aromatic rings. The van der Waals surface area contributed by atoms with Crippen LogP contribution in [-0.4, -0.2) is 22.0 Å². The van der Waals surface area contributed by atoms with Crippen molar-refractivity contribution in [2.75, 3.05) is 0 Å². The molecular formula is C14H20N2O3S. The van der Waals surface area contributed by atoms with Gasteiger partial charge in [0.15, 0.2) is 0 Å². The van der Waals surface area contributed by atoms with Gasteiger partial charge in [0.25, 0.3) is 0 Å². The number of carboxylic acid groups (broad SMARTS) is 1. The highest BCUT2D eigenvalue weighted by Gasteiger charge is 2.34. The first-order chi connectivity index (χ1) is 9.40. The van der Waals surface area contributed by atoms with Gasteiger partial charge in [0.2, 0.25) is 5.91 Å². The lowest BCUT2D eigenvalue weighted by Gasteiger charge is -2.30. The van der Waals surface area contributed by atoms with Gasteiger partial charge in [-0.2, -0.15) is 0 Å². The summed E-state index contributed by atoms with van der Waals surface area (Å²) in [5.41, 5.74) is -0.512. The van der Waals surface area contributed by atoms with Gasteiger partial charge in [0, 0.05) is 17.5 Å². The second-order valence-corrected chi connectivity index (χ2v) is 6.74. The van der Waals surface area contributed by atoms with Gasteiger partial charge in [-0.3, -0.25) is 9.59 Å². The summed E-state index contributed by atoms with van der Waals surface area (Å²) in [7, 11) is 0. The van der Waals surface area contributed by atoms with E-state index in [1.54, 1.807) is 6.20 Å². The number of thiazole rings is 1. The molecule has 0 aliphatic heterocycles. The van der Waals surface area contributed by atoms with E-state index < -0.39 is 11.5 Å². The average Bonchev–Trinajstić information content (AvgIpc) is 2.93. The maximum Gasteiger partial charge on any atom is 0.306 e. The van der Waals surface area contributed by atoms with Crippen LogP contribution in [0.4, 0.5) is 0 Å². The predicted octanol–water partition coefficient (Wildman–Crippen LogP) is 2.39. The Morgan fingerprint density at radius 1 is 1.40 bits per heavy atom. The number of aromatic nitrogens is 1. The first-order valence-electron chi connectivity index (χ1n) is 6.85. The second kappa shape index (κ2) is 5.91. The maximum atomic E-state index is 12.3. The number of nitrogens with one attached hydrogen (secondary N) is 1. The lowest BCUT2D eigenvalue weighted by atomic mass is 9.80. The SMILES string of the molecule is CC(C)(NC(=O)C1CCCC(C(=O)O)C1)c1nccs1. The normalized spacial score (nSPS) is 23.3. The maximum absolute atomic E-state index is 12.3. The Morgan fingerprint density at radius 2 is 2.10 bits per heavy atom. The quantitative estimate of drug-likeness (QED) is 0.894. The summed E-state index contributed by atoms with van der Waals surface area (Å²) in [6.45, 7) is 3.84. The third-order valence-corrected chi connectivity index (χ3v) is 4.89. The van der Waals surface area contributed by atoms with E-state index in [0.717, 1.165) is 17.8 Å². The van der Waals surface area contributed by atoms with Crippen molar-refractivity contribution in [3.63, 3.8) is 0 Å². The molecule has 1 amide bonds. The number of carboxylic acids is 1. The Bertz CT molecular complexity index is 485. The Balaban J connectivity index is 1.99. The molecule has 2 unspecified atom stereocenters. The molecule has 110 valence electrons. The summed E-state index contributed by atoms with van der Waals surface area (Å²) < 4.78 is 0. The Labute approximate surface area is 122 Å². The van der Waals surface area contributed by atoms with Crippen LogP contribution in [0.3, 0.4) is 0 Å². The Morgan fingerprint density at radius 3 is 2.70 bits per heavy atom. The number of rotatable bonds is 4. The summed E-state index contributed by atoms with van der Waals surface area (Å²) in [4.78, 5) is 27.6. The minimum absolute atomic E-state index is 0.0591. The molecule has 1 saturated carbocycles. The Kier molecular flexibility index (Phi) is 4.42. The highest BCUT2D eigenvalue weighted by atomic mass is 32.1. The van der Waals surface area contributed by atoms with Crippen LogP contribution in [0, 0.1) is 11.8 Å². The number of nitrogens with zero attached hydrogens (tertiary/aromatic N) is 1. The van der Waals surface area contributed by atoms with Gasteiger partial charge in [-0.15, -0.1) is 11.3 Å². The van der Waals surface area contributed by atoms with Gasteiger partial charge >= 0.3 is 5.97 Å². The molecule has 1 aromatic heterocycles. The first kappa shape index (κ1) is 15.0. The lowest BCUT2D eigenvalue weighted by Crippen LogP contribution is -2.45. The van der Waals surface area contributed by atoms with Gasteiger partial charge in [-0.05, 0) is 33.1 Å². The molecule has 6 heteroatoms. The summed E-state index contributed by atoms with van der Waals surface area (Å²) >= 11 is 1.50. The van der Waals surface area contributed by atoms with Crippen molar-refractivity contribution in [1.82, 2.24) is 10.3 Å². The summed E-state index contributed by atoms with van der Waals surface area (Å²) in [5, 5.41) is 14.8. The van der Waals surface area contributed by atoms with Gasteiger partial charge in [-0.25, -0.2) is 4.98 Å². The predicted molar refractivity (Wildman–Crippen MR) is 76.4 cm³/mol. The van der Waals surface area contributed by atoms with E-state index in [-0.39, 0.29) is 17.7 Å². The van der Waals surface area contributed by atoms with Gasteiger partial charge in [0.05, 0.1) is 11.5 Å². The van der Waals surface area contributed by atoms with Gasteiger partial charge in [-0.1, -0.05) is 6.42 Å². The molecule has 1 fully saturated rings. The number of carbonyl (C=O) groups excluding carboxylic acids is 1. The molecule has 1 aliphatic rings. The molecule has 1 aliphatic carbocycles. The molecule has 20 heavy (non-hydrogen) atoms. The van der Waals surface area contributed by atoms with Crippen LogP contribution in [-0.2, 0) is 15.1 Å². The molecule has 2 atom stereocenters. The van der Waals surface area contributed by atoms with Crippen LogP contribution in [0.2, 0.25) is 0 Å². The fraction of sp³-hybridized carbons (Fsp3) is 0.643. The number of aliphatic carboxylic acids is 1. The van der Waals surface area contributed by atoms with E-state index >= 15 is 0 Å². The standard InChI is InChI=1S/C14H20N2O3S/c1-14(2,13-15-6-7-20-13)16-11(17)9-4-3-5-10(8-9)12(18)19/h6-7,9-10H,3-5,8H2,1-2H3,(H,16,17)(H,18,19). The average molecular weight is 296 g/mol. The lowest BCUT2D eigenvalue weighted by molar-refractivity contribution is -0.144. The fourth-order valence-corrected chi connectivity index (χ4v) is 3.37. The van der Waals surface area contributed by atoms with Crippen molar-refractivity contribution < 1.29 is 14.7 Å². The van der Waals surface area contributed by atoms with E-state index in [1.165, 1.54) is 11.3 Å². The van der Waals surface area contributed by atoms with Crippen molar-refractivity contribution >= 4 is 23.2 Å².